The van der Waals surface area contributed by atoms with Crippen LogP contribution in [-0.4, -0.2) is 18.0 Å². The van der Waals surface area contributed by atoms with Gasteiger partial charge in [-0.05, 0) is 19.3 Å². The van der Waals surface area contributed by atoms with Gasteiger partial charge >= 0.3 is 0 Å². The molecule has 1 aliphatic heterocycles. The molecule has 0 saturated heterocycles. The summed E-state index contributed by atoms with van der Waals surface area (Å²) in [5.74, 6) is 0.560. The van der Waals surface area contributed by atoms with E-state index < -0.39 is 0 Å². The minimum Gasteiger partial charge on any atom is -0.297 e. The minimum atomic E-state index is 0.0590. The fraction of sp³-hybridized carbons (Fsp3) is 0.714. The second kappa shape index (κ2) is 1.66. The molecule has 0 radical (unpaired) electrons. The van der Waals surface area contributed by atoms with Crippen molar-refractivity contribution in [1.29, 1.82) is 0 Å². The van der Waals surface area contributed by atoms with E-state index in [1.54, 1.807) is 0 Å². The molecule has 1 saturated carbocycles. The van der Waals surface area contributed by atoms with E-state index in [0.717, 1.165) is 12.8 Å². The molecule has 2 heteroatoms. The minimum absolute atomic E-state index is 0.0590. The van der Waals surface area contributed by atoms with Gasteiger partial charge in [0.1, 0.15) is 6.04 Å². The van der Waals surface area contributed by atoms with Gasteiger partial charge in [0.05, 0.1) is 5.92 Å². The number of carbonyl (C=O) groups excluding carboxylic acids is 1. The Bertz CT molecular complexity index is 158. The SMILES string of the molecule is O=C1C2C=NC1CCC2. The van der Waals surface area contributed by atoms with Crippen molar-refractivity contribution in [2.24, 2.45) is 10.9 Å². The Balaban J connectivity index is 2.27. The molecule has 2 aliphatic rings. The summed E-state index contributed by atoms with van der Waals surface area (Å²) in [6.07, 6.45) is 5.05. The lowest BCUT2D eigenvalue weighted by Crippen LogP contribution is -2.25. The van der Waals surface area contributed by atoms with Crippen LogP contribution in [0.4, 0.5) is 0 Å². The summed E-state index contributed by atoms with van der Waals surface area (Å²) in [4.78, 5) is 15.2. The molecule has 1 fully saturated rings. The molecule has 2 atom stereocenters. The third-order valence-corrected chi connectivity index (χ3v) is 2.13. The van der Waals surface area contributed by atoms with Crippen LogP contribution >= 0.6 is 0 Å². The molecule has 2 rings (SSSR count). The highest BCUT2D eigenvalue weighted by atomic mass is 16.1. The zero-order chi connectivity index (χ0) is 6.27. The average molecular weight is 123 g/mol. The second-order valence-corrected chi connectivity index (χ2v) is 2.75. The van der Waals surface area contributed by atoms with Crippen LogP contribution in [0.25, 0.3) is 0 Å². The Morgan fingerprint density at radius 3 is 3.11 bits per heavy atom. The quantitative estimate of drug-likeness (QED) is 0.468. The molecule has 0 aromatic rings. The lowest BCUT2D eigenvalue weighted by molar-refractivity contribution is -0.122. The second-order valence-electron chi connectivity index (χ2n) is 2.75. The maximum atomic E-state index is 11.1. The average Bonchev–Trinajstić information content (AvgIpc) is 2.19. The molecule has 2 bridgehead atoms. The van der Waals surface area contributed by atoms with Gasteiger partial charge in [-0.15, -0.1) is 0 Å². The summed E-state index contributed by atoms with van der Waals surface area (Å²) < 4.78 is 0. The predicted octanol–water partition coefficient (Wildman–Crippen LogP) is 0.809. The van der Waals surface area contributed by atoms with Crippen molar-refractivity contribution in [2.45, 2.75) is 25.3 Å². The fourth-order valence-corrected chi connectivity index (χ4v) is 1.57. The van der Waals surface area contributed by atoms with E-state index in [9.17, 15) is 4.79 Å². The first-order valence-electron chi connectivity index (χ1n) is 3.45. The van der Waals surface area contributed by atoms with E-state index in [2.05, 4.69) is 4.99 Å². The molecule has 0 amide bonds. The number of rotatable bonds is 0. The monoisotopic (exact) mass is 123 g/mol. The van der Waals surface area contributed by atoms with Crippen molar-refractivity contribution in [3.63, 3.8) is 0 Å². The van der Waals surface area contributed by atoms with Gasteiger partial charge in [0.15, 0.2) is 5.78 Å². The molecule has 2 nitrogen and oxygen atoms in total. The Kier molecular flexibility index (Phi) is 0.949. The Morgan fingerprint density at radius 2 is 2.44 bits per heavy atom. The van der Waals surface area contributed by atoms with E-state index in [-0.39, 0.29) is 12.0 Å². The summed E-state index contributed by atoms with van der Waals surface area (Å²) in [5, 5.41) is 0. The van der Waals surface area contributed by atoms with E-state index in [1.165, 1.54) is 6.42 Å². The number of carbonyl (C=O) groups is 1. The summed E-state index contributed by atoms with van der Waals surface area (Å²) in [5.41, 5.74) is 0. The molecule has 1 aliphatic carbocycles. The number of hydrogen-bond donors (Lipinski definition) is 0. The number of ketones is 1. The zero-order valence-corrected chi connectivity index (χ0v) is 5.21. The number of hydrogen-bond acceptors (Lipinski definition) is 2. The molecule has 9 heavy (non-hydrogen) atoms. The first-order chi connectivity index (χ1) is 4.38. The molecule has 0 aromatic carbocycles. The van der Waals surface area contributed by atoms with Crippen molar-refractivity contribution in [3.8, 4) is 0 Å². The van der Waals surface area contributed by atoms with Crippen LogP contribution in [0.1, 0.15) is 19.3 Å². The lowest BCUT2D eigenvalue weighted by atomic mass is 9.89. The highest BCUT2D eigenvalue weighted by Crippen LogP contribution is 2.26. The summed E-state index contributed by atoms with van der Waals surface area (Å²) in [6, 6.07) is 0.0590. The number of aliphatic imine (C=N–C) groups is 1. The van der Waals surface area contributed by atoms with Gasteiger partial charge in [0, 0.05) is 6.21 Å². The van der Waals surface area contributed by atoms with Crippen LogP contribution in [0.5, 0.6) is 0 Å². The highest BCUT2D eigenvalue weighted by Gasteiger charge is 2.33. The van der Waals surface area contributed by atoms with Crippen molar-refractivity contribution in [1.82, 2.24) is 0 Å². The number of nitrogens with zero attached hydrogens (tertiary/aromatic N) is 1. The van der Waals surface area contributed by atoms with E-state index in [1.807, 2.05) is 6.21 Å². The van der Waals surface area contributed by atoms with Gasteiger partial charge in [-0.3, -0.25) is 9.79 Å². The number of Topliss-reactive ketones (excluding diaryl/α,β-unsaturated/α-hetero) is 1. The highest BCUT2D eigenvalue weighted by molar-refractivity contribution is 6.03. The zero-order valence-electron chi connectivity index (χ0n) is 5.21. The van der Waals surface area contributed by atoms with Crippen LogP contribution in [-0.2, 0) is 4.79 Å². The third-order valence-electron chi connectivity index (χ3n) is 2.13. The van der Waals surface area contributed by atoms with Crippen LogP contribution in [0.3, 0.4) is 0 Å². The summed E-state index contributed by atoms with van der Waals surface area (Å²) in [7, 11) is 0. The Hall–Kier alpha value is -0.660. The van der Waals surface area contributed by atoms with Crippen LogP contribution in [0.15, 0.2) is 4.99 Å². The Labute approximate surface area is 54.0 Å². The van der Waals surface area contributed by atoms with Gasteiger partial charge in [0.2, 0.25) is 0 Å². The lowest BCUT2D eigenvalue weighted by Gasteiger charge is -2.14. The van der Waals surface area contributed by atoms with Crippen molar-refractivity contribution >= 4 is 12.0 Å². The molecular weight excluding hydrogens is 114 g/mol. The molecule has 0 spiro atoms. The molecule has 0 aromatic heterocycles. The summed E-state index contributed by atoms with van der Waals surface area (Å²) in [6.45, 7) is 0. The molecule has 2 unspecified atom stereocenters. The maximum Gasteiger partial charge on any atom is 0.165 e. The van der Waals surface area contributed by atoms with Crippen LogP contribution < -0.4 is 0 Å². The molecule has 48 valence electrons. The standard InChI is InChI=1S/C7H9NO/c9-7-5-2-1-3-6(7)8-4-5/h4-6H,1-3H2. The normalized spacial score (nSPS) is 39.8. The fourth-order valence-electron chi connectivity index (χ4n) is 1.57. The molecule has 0 N–H and O–H groups in total. The van der Waals surface area contributed by atoms with Crippen molar-refractivity contribution < 1.29 is 4.79 Å². The van der Waals surface area contributed by atoms with Crippen molar-refractivity contribution in [3.05, 3.63) is 0 Å². The molecular formula is C7H9NO. The van der Waals surface area contributed by atoms with Gasteiger partial charge in [-0.25, -0.2) is 0 Å². The van der Waals surface area contributed by atoms with Gasteiger partial charge in [-0.2, -0.15) is 0 Å². The van der Waals surface area contributed by atoms with E-state index in [0.29, 0.717) is 5.78 Å². The summed E-state index contributed by atoms with van der Waals surface area (Å²) >= 11 is 0. The van der Waals surface area contributed by atoms with E-state index >= 15 is 0 Å². The largest absolute Gasteiger partial charge is 0.297 e. The topological polar surface area (TPSA) is 29.4 Å². The van der Waals surface area contributed by atoms with Gasteiger partial charge in [-0.1, -0.05) is 0 Å². The first kappa shape index (κ1) is 5.15. The third kappa shape index (κ3) is 0.622. The van der Waals surface area contributed by atoms with Crippen molar-refractivity contribution in [2.75, 3.05) is 0 Å². The van der Waals surface area contributed by atoms with Gasteiger partial charge in [0.25, 0.3) is 0 Å². The maximum absolute atomic E-state index is 11.1. The molecule has 1 heterocycles. The number of fused-ring (bicyclic) bond motifs is 2. The van der Waals surface area contributed by atoms with Gasteiger partial charge < -0.3 is 0 Å². The van der Waals surface area contributed by atoms with Crippen LogP contribution in [0, 0.1) is 5.92 Å². The smallest absolute Gasteiger partial charge is 0.165 e. The van der Waals surface area contributed by atoms with E-state index in [4.69, 9.17) is 0 Å². The van der Waals surface area contributed by atoms with Crippen LogP contribution in [0.2, 0.25) is 0 Å². The first-order valence-corrected chi connectivity index (χ1v) is 3.45. The Morgan fingerprint density at radius 1 is 1.56 bits per heavy atom. The predicted molar refractivity (Wildman–Crippen MR) is 34.6 cm³/mol.